The summed E-state index contributed by atoms with van der Waals surface area (Å²) in [4.78, 5) is 0.303. The van der Waals surface area contributed by atoms with Gasteiger partial charge in [0.1, 0.15) is 0 Å². The first-order chi connectivity index (χ1) is 12.5. The first-order valence-electron chi connectivity index (χ1n) is 8.59. The highest BCUT2D eigenvalue weighted by Crippen LogP contribution is 2.32. The number of halogens is 2. The Labute approximate surface area is 172 Å². The maximum atomic E-state index is 13.2. The Balaban J connectivity index is 0.00000261. The van der Waals surface area contributed by atoms with Crippen LogP contribution in [0, 0.1) is 0 Å². The zero-order valence-electron chi connectivity index (χ0n) is 15.1. The average Bonchev–Trinajstić information content (AvgIpc) is 2.67. The van der Waals surface area contributed by atoms with Gasteiger partial charge in [0.25, 0.3) is 0 Å². The standard InChI is InChI=1S/C19H23ClN2O3S.ClH/c1-25-13-10-15-6-8-16(9-7-15)26(23,24)22-12-11-21-14-19(22)17-4-2-3-5-18(17)20;/h2-9,19,21H,10-14H2,1H3;1H. The van der Waals surface area contributed by atoms with Crippen LogP contribution in [0.25, 0.3) is 0 Å². The molecule has 1 N–H and O–H groups in total. The second-order valence-electron chi connectivity index (χ2n) is 6.24. The van der Waals surface area contributed by atoms with Crippen molar-refractivity contribution in [1.29, 1.82) is 0 Å². The fourth-order valence-electron chi connectivity index (χ4n) is 3.17. The molecule has 0 amide bonds. The Bertz CT molecular complexity index is 844. The molecular formula is C19H24Cl2N2O3S. The van der Waals surface area contributed by atoms with E-state index in [1.54, 1.807) is 29.6 Å². The molecule has 8 heteroatoms. The molecule has 0 saturated carbocycles. The quantitative estimate of drug-likeness (QED) is 0.763. The molecule has 1 atom stereocenters. The number of rotatable bonds is 6. The molecular weight excluding hydrogens is 407 g/mol. The summed E-state index contributed by atoms with van der Waals surface area (Å²) in [6.45, 7) is 2.17. The Morgan fingerprint density at radius 2 is 1.89 bits per heavy atom. The molecule has 1 fully saturated rings. The second-order valence-corrected chi connectivity index (χ2v) is 8.54. The van der Waals surface area contributed by atoms with Crippen molar-refractivity contribution < 1.29 is 13.2 Å². The molecule has 2 aromatic rings. The van der Waals surface area contributed by atoms with E-state index in [0.29, 0.717) is 36.2 Å². The van der Waals surface area contributed by atoms with E-state index in [1.165, 1.54) is 0 Å². The van der Waals surface area contributed by atoms with Gasteiger partial charge in [-0.15, -0.1) is 12.4 Å². The molecule has 0 spiro atoms. The molecule has 27 heavy (non-hydrogen) atoms. The fourth-order valence-corrected chi connectivity index (χ4v) is 5.03. The number of hydrogen-bond acceptors (Lipinski definition) is 4. The predicted molar refractivity (Wildman–Crippen MR) is 110 cm³/mol. The number of nitrogens with zero attached hydrogens (tertiary/aromatic N) is 1. The largest absolute Gasteiger partial charge is 0.384 e. The van der Waals surface area contributed by atoms with Crippen LogP contribution in [0.3, 0.4) is 0 Å². The van der Waals surface area contributed by atoms with Crippen molar-refractivity contribution in [2.75, 3.05) is 33.4 Å². The van der Waals surface area contributed by atoms with Gasteiger partial charge >= 0.3 is 0 Å². The van der Waals surface area contributed by atoms with Gasteiger partial charge in [-0.05, 0) is 35.7 Å². The van der Waals surface area contributed by atoms with E-state index in [2.05, 4.69) is 5.32 Å². The monoisotopic (exact) mass is 430 g/mol. The van der Waals surface area contributed by atoms with E-state index in [0.717, 1.165) is 17.5 Å². The van der Waals surface area contributed by atoms with E-state index < -0.39 is 10.0 Å². The SMILES string of the molecule is COCCc1ccc(S(=O)(=O)N2CCNCC2c2ccccc2Cl)cc1.Cl. The second kappa shape index (κ2) is 9.87. The number of ether oxygens (including phenoxy) is 1. The molecule has 1 unspecified atom stereocenters. The van der Waals surface area contributed by atoms with E-state index in [4.69, 9.17) is 16.3 Å². The van der Waals surface area contributed by atoms with Crippen molar-refractivity contribution in [3.05, 3.63) is 64.7 Å². The van der Waals surface area contributed by atoms with E-state index in [-0.39, 0.29) is 18.4 Å². The summed E-state index contributed by atoms with van der Waals surface area (Å²) in [6, 6.07) is 14.1. The van der Waals surface area contributed by atoms with Crippen molar-refractivity contribution in [3.63, 3.8) is 0 Å². The lowest BCUT2D eigenvalue weighted by molar-refractivity contribution is 0.202. The van der Waals surface area contributed by atoms with Crippen LogP contribution in [-0.4, -0.2) is 46.1 Å². The van der Waals surface area contributed by atoms with Crippen LogP contribution in [0.2, 0.25) is 5.02 Å². The fraction of sp³-hybridized carbons (Fsp3) is 0.368. The van der Waals surface area contributed by atoms with Gasteiger partial charge in [-0.2, -0.15) is 4.31 Å². The molecule has 3 rings (SSSR count). The van der Waals surface area contributed by atoms with Gasteiger partial charge in [0, 0.05) is 31.8 Å². The molecule has 5 nitrogen and oxygen atoms in total. The highest BCUT2D eigenvalue weighted by Gasteiger charge is 2.35. The Morgan fingerprint density at radius 1 is 1.19 bits per heavy atom. The maximum absolute atomic E-state index is 13.2. The highest BCUT2D eigenvalue weighted by molar-refractivity contribution is 7.89. The molecule has 1 saturated heterocycles. The molecule has 2 aromatic carbocycles. The van der Waals surface area contributed by atoms with Crippen LogP contribution in [0.4, 0.5) is 0 Å². The molecule has 0 radical (unpaired) electrons. The van der Waals surface area contributed by atoms with Gasteiger partial charge in [0.2, 0.25) is 10.0 Å². The topological polar surface area (TPSA) is 58.6 Å². The van der Waals surface area contributed by atoms with E-state index in [1.807, 2.05) is 30.3 Å². The van der Waals surface area contributed by atoms with E-state index >= 15 is 0 Å². The van der Waals surface area contributed by atoms with Crippen molar-refractivity contribution in [1.82, 2.24) is 9.62 Å². The molecule has 0 bridgehead atoms. The normalized spacial score (nSPS) is 18.1. The number of nitrogens with one attached hydrogen (secondary N) is 1. The van der Waals surface area contributed by atoms with Crippen LogP contribution in [0.1, 0.15) is 17.2 Å². The maximum Gasteiger partial charge on any atom is 0.243 e. The van der Waals surface area contributed by atoms with Gasteiger partial charge < -0.3 is 10.1 Å². The first-order valence-corrected chi connectivity index (χ1v) is 10.4. The zero-order valence-corrected chi connectivity index (χ0v) is 17.5. The smallest absolute Gasteiger partial charge is 0.243 e. The van der Waals surface area contributed by atoms with Crippen LogP contribution in [-0.2, 0) is 21.2 Å². The summed E-state index contributed by atoms with van der Waals surface area (Å²) in [6.07, 6.45) is 0.757. The Kier molecular flexibility index (Phi) is 8.09. The molecule has 0 aliphatic carbocycles. The average molecular weight is 431 g/mol. The predicted octanol–water partition coefficient (Wildman–Crippen LogP) is 3.29. The first kappa shape index (κ1) is 22.1. The third-order valence-electron chi connectivity index (χ3n) is 4.58. The summed E-state index contributed by atoms with van der Waals surface area (Å²) in [5.74, 6) is 0. The summed E-state index contributed by atoms with van der Waals surface area (Å²) >= 11 is 6.33. The third-order valence-corrected chi connectivity index (χ3v) is 6.85. The highest BCUT2D eigenvalue weighted by atomic mass is 35.5. The Morgan fingerprint density at radius 3 is 2.56 bits per heavy atom. The third kappa shape index (κ3) is 5.02. The number of sulfonamides is 1. The summed E-state index contributed by atoms with van der Waals surface area (Å²) in [5.41, 5.74) is 1.87. The van der Waals surface area contributed by atoms with Gasteiger partial charge in [-0.1, -0.05) is 41.9 Å². The number of hydrogen-bond donors (Lipinski definition) is 1. The lowest BCUT2D eigenvalue weighted by Crippen LogP contribution is -2.48. The van der Waals surface area contributed by atoms with Crippen LogP contribution in [0.5, 0.6) is 0 Å². The summed E-state index contributed by atoms with van der Waals surface area (Å²) in [7, 11) is -1.96. The lowest BCUT2D eigenvalue weighted by atomic mass is 10.1. The molecule has 1 aliphatic rings. The van der Waals surface area contributed by atoms with Crippen molar-refractivity contribution >= 4 is 34.0 Å². The Hall–Kier alpha value is -1.15. The van der Waals surface area contributed by atoms with Crippen LogP contribution in [0.15, 0.2) is 53.4 Å². The van der Waals surface area contributed by atoms with Gasteiger partial charge in [0.05, 0.1) is 17.5 Å². The zero-order chi connectivity index (χ0) is 18.6. The minimum absolute atomic E-state index is 0. The van der Waals surface area contributed by atoms with Crippen LogP contribution < -0.4 is 5.32 Å². The van der Waals surface area contributed by atoms with Crippen molar-refractivity contribution in [2.45, 2.75) is 17.4 Å². The number of methoxy groups -OCH3 is 1. The van der Waals surface area contributed by atoms with Gasteiger partial charge in [0.15, 0.2) is 0 Å². The molecule has 0 aromatic heterocycles. The molecule has 148 valence electrons. The summed E-state index contributed by atoms with van der Waals surface area (Å²) in [5, 5.41) is 3.85. The van der Waals surface area contributed by atoms with Gasteiger partial charge in [-0.25, -0.2) is 8.42 Å². The van der Waals surface area contributed by atoms with Crippen molar-refractivity contribution in [2.24, 2.45) is 0 Å². The number of piperazine rings is 1. The summed E-state index contributed by atoms with van der Waals surface area (Å²) < 4.78 is 33.1. The number of benzene rings is 2. The minimum Gasteiger partial charge on any atom is -0.384 e. The van der Waals surface area contributed by atoms with Crippen molar-refractivity contribution in [3.8, 4) is 0 Å². The van der Waals surface area contributed by atoms with Gasteiger partial charge in [-0.3, -0.25) is 0 Å². The molecule has 1 aliphatic heterocycles. The van der Waals surface area contributed by atoms with E-state index in [9.17, 15) is 8.42 Å². The lowest BCUT2D eigenvalue weighted by Gasteiger charge is -2.35. The minimum atomic E-state index is -3.61. The molecule has 1 heterocycles. The van der Waals surface area contributed by atoms with Crippen LogP contribution >= 0.6 is 24.0 Å².